The second kappa shape index (κ2) is 7.77. The van der Waals surface area contributed by atoms with E-state index >= 15 is 0 Å². The van der Waals surface area contributed by atoms with E-state index in [0.29, 0.717) is 47.7 Å². The molecule has 4 heterocycles. The van der Waals surface area contributed by atoms with Gasteiger partial charge < -0.3 is 9.47 Å². The predicted molar refractivity (Wildman–Crippen MR) is 118 cm³/mol. The molecule has 0 radical (unpaired) electrons. The average Bonchev–Trinajstić information content (AvgIpc) is 3.46. The largest absolute Gasteiger partial charge is 0.328 e. The minimum atomic E-state index is -0.382. The molecule has 10 heteroatoms. The van der Waals surface area contributed by atoms with Gasteiger partial charge in [-0.1, -0.05) is 6.92 Å². The number of nitrogens with zero attached hydrogens (tertiary/aromatic N) is 6. The molecule has 1 fully saturated rings. The third-order valence-corrected chi connectivity index (χ3v) is 7.02. The van der Waals surface area contributed by atoms with Crippen LogP contribution in [0, 0.1) is 18.7 Å². The van der Waals surface area contributed by atoms with Gasteiger partial charge >= 0.3 is 0 Å². The van der Waals surface area contributed by atoms with Crippen molar-refractivity contribution in [3.05, 3.63) is 47.2 Å². The fourth-order valence-electron chi connectivity index (χ4n) is 4.46. The molecular weight excluding hydrogens is 431 g/mol. The number of hydrogen-bond donors (Lipinski definition) is 0. The molecule has 0 spiro atoms. The summed E-state index contributed by atoms with van der Waals surface area (Å²) in [5, 5.41) is 0.695. The number of fused-ring (bicyclic) bond motifs is 1. The molecule has 5 rings (SSSR count). The van der Waals surface area contributed by atoms with Gasteiger partial charge in [-0.15, -0.1) is 0 Å². The molecule has 3 aromatic rings. The summed E-state index contributed by atoms with van der Waals surface area (Å²) >= 11 is 1.28. The van der Waals surface area contributed by atoms with E-state index in [1.165, 1.54) is 35.8 Å². The number of benzene rings is 1. The van der Waals surface area contributed by atoms with E-state index in [0.717, 1.165) is 12.1 Å². The predicted octanol–water partition coefficient (Wildman–Crippen LogP) is 3.44. The Morgan fingerprint density at radius 2 is 1.88 bits per heavy atom. The van der Waals surface area contributed by atoms with Gasteiger partial charge in [-0.3, -0.25) is 14.5 Å². The molecule has 2 aliphatic rings. The monoisotopic (exact) mass is 454 g/mol. The van der Waals surface area contributed by atoms with E-state index in [-0.39, 0.29) is 29.6 Å². The van der Waals surface area contributed by atoms with Gasteiger partial charge in [0.25, 0.3) is 5.91 Å². The number of imidazole rings is 1. The highest BCUT2D eigenvalue weighted by Gasteiger charge is 2.39. The fraction of sp³-hybridized carbons (Fsp3) is 0.409. The van der Waals surface area contributed by atoms with Crippen LogP contribution in [0.5, 0.6) is 0 Å². The topological polar surface area (TPSA) is 84.2 Å². The molecule has 2 aliphatic heterocycles. The Morgan fingerprint density at radius 3 is 2.50 bits per heavy atom. The molecular formula is C22H23FN6O2S. The summed E-state index contributed by atoms with van der Waals surface area (Å²) in [5.41, 5.74) is 1.25. The van der Waals surface area contributed by atoms with Crippen LogP contribution in [0.25, 0.3) is 10.8 Å². The maximum atomic E-state index is 13.3. The van der Waals surface area contributed by atoms with Crippen LogP contribution in [0.1, 0.15) is 48.2 Å². The van der Waals surface area contributed by atoms with Crippen LogP contribution in [0.4, 0.5) is 10.2 Å². The van der Waals surface area contributed by atoms with E-state index < -0.39 is 0 Å². The summed E-state index contributed by atoms with van der Waals surface area (Å²) < 4.78 is 19.7. The number of amides is 2. The summed E-state index contributed by atoms with van der Waals surface area (Å²) in [5.74, 6) is 1.36. The molecule has 2 atom stereocenters. The molecule has 0 saturated carbocycles. The molecule has 0 bridgehead atoms. The molecule has 1 aromatic carbocycles. The number of hydrogen-bond acceptors (Lipinski definition) is 6. The summed E-state index contributed by atoms with van der Waals surface area (Å²) in [6, 6.07) is 5.25. The van der Waals surface area contributed by atoms with Crippen molar-refractivity contribution in [3.8, 4) is 10.8 Å². The van der Waals surface area contributed by atoms with Crippen LogP contribution in [-0.4, -0.2) is 48.7 Å². The van der Waals surface area contributed by atoms with Crippen LogP contribution in [-0.2, 0) is 11.3 Å². The zero-order valence-corrected chi connectivity index (χ0v) is 18.9. The van der Waals surface area contributed by atoms with E-state index in [1.807, 2.05) is 20.8 Å². The SMILES string of the molecule is Cc1nsc(-c2nc(N3CCC(C)C3=O)c3n2CCN(C(=O)c2ccc(F)cc2)C3C)n1. The van der Waals surface area contributed by atoms with Crippen molar-refractivity contribution in [3.63, 3.8) is 0 Å². The van der Waals surface area contributed by atoms with Crippen molar-refractivity contribution in [1.29, 1.82) is 0 Å². The van der Waals surface area contributed by atoms with Gasteiger partial charge in [-0.05, 0) is 56.1 Å². The number of halogens is 1. The third-order valence-electron chi connectivity index (χ3n) is 6.21. The molecule has 32 heavy (non-hydrogen) atoms. The molecule has 0 N–H and O–H groups in total. The highest BCUT2D eigenvalue weighted by Crippen LogP contribution is 2.40. The molecule has 1 saturated heterocycles. The molecule has 0 aliphatic carbocycles. The van der Waals surface area contributed by atoms with Gasteiger partial charge in [0.2, 0.25) is 5.91 Å². The zero-order valence-electron chi connectivity index (χ0n) is 18.1. The highest BCUT2D eigenvalue weighted by molar-refractivity contribution is 7.09. The van der Waals surface area contributed by atoms with Crippen LogP contribution in [0.2, 0.25) is 0 Å². The minimum Gasteiger partial charge on any atom is -0.328 e. The lowest BCUT2D eigenvalue weighted by atomic mass is 10.1. The van der Waals surface area contributed by atoms with Gasteiger partial charge in [-0.2, -0.15) is 4.37 Å². The van der Waals surface area contributed by atoms with E-state index in [9.17, 15) is 14.0 Å². The Labute approximate surface area is 188 Å². The third kappa shape index (κ3) is 3.29. The maximum absolute atomic E-state index is 13.3. The van der Waals surface area contributed by atoms with Gasteiger partial charge in [0.15, 0.2) is 16.6 Å². The Kier molecular flexibility index (Phi) is 5.04. The second-order valence-electron chi connectivity index (χ2n) is 8.30. The summed E-state index contributed by atoms with van der Waals surface area (Å²) in [7, 11) is 0. The van der Waals surface area contributed by atoms with Crippen molar-refractivity contribution in [2.75, 3.05) is 18.0 Å². The number of aryl methyl sites for hydroxylation is 1. The summed E-state index contributed by atoms with van der Waals surface area (Å²) in [6.07, 6.45) is 0.769. The number of anilines is 1. The smallest absolute Gasteiger partial charge is 0.254 e. The molecule has 8 nitrogen and oxygen atoms in total. The standard InChI is InChI=1S/C22H23FN6O2S/c1-12-8-9-29(21(12)30)18-17-13(2)27(22(31)15-4-6-16(23)7-5-15)10-11-28(17)19(25-18)20-24-14(3)26-32-20/h4-7,12-13H,8-11H2,1-3H3. The Balaban J connectivity index is 1.58. The van der Waals surface area contributed by atoms with E-state index in [1.54, 1.807) is 9.80 Å². The van der Waals surface area contributed by atoms with Crippen molar-refractivity contribution in [1.82, 2.24) is 23.8 Å². The first-order valence-corrected chi connectivity index (χ1v) is 11.4. The van der Waals surface area contributed by atoms with E-state index in [2.05, 4.69) is 13.9 Å². The lowest BCUT2D eigenvalue weighted by Gasteiger charge is -2.36. The first-order valence-electron chi connectivity index (χ1n) is 10.6. The second-order valence-corrected chi connectivity index (χ2v) is 9.06. The molecule has 2 aromatic heterocycles. The zero-order chi connectivity index (χ0) is 22.6. The van der Waals surface area contributed by atoms with Crippen LogP contribution < -0.4 is 4.90 Å². The number of rotatable bonds is 3. The van der Waals surface area contributed by atoms with E-state index in [4.69, 9.17) is 4.98 Å². The van der Waals surface area contributed by atoms with Gasteiger partial charge in [0, 0.05) is 31.1 Å². The first kappa shape index (κ1) is 20.7. The minimum absolute atomic E-state index is 0.0417. The van der Waals surface area contributed by atoms with Crippen LogP contribution >= 0.6 is 11.5 Å². The summed E-state index contributed by atoms with van der Waals surface area (Å²) in [6.45, 7) is 7.28. The van der Waals surface area contributed by atoms with Gasteiger partial charge in [0.1, 0.15) is 11.6 Å². The Bertz CT molecular complexity index is 1200. The maximum Gasteiger partial charge on any atom is 0.254 e. The van der Waals surface area contributed by atoms with Crippen molar-refractivity contribution in [2.45, 2.75) is 39.8 Å². The number of aromatic nitrogens is 4. The lowest BCUT2D eigenvalue weighted by Crippen LogP contribution is -2.42. The normalized spacial score (nSPS) is 20.7. The molecule has 2 unspecified atom stereocenters. The summed E-state index contributed by atoms with van der Waals surface area (Å²) in [4.78, 5) is 38.9. The van der Waals surface area contributed by atoms with Gasteiger partial charge in [0.05, 0.1) is 11.7 Å². The Hall–Kier alpha value is -3.14. The van der Waals surface area contributed by atoms with Crippen molar-refractivity contribution >= 4 is 29.2 Å². The van der Waals surface area contributed by atoms with Crippen LogP contribution in [0.15, 0.2) is 24.3 Å². The van der Waals surface area contributed by atoms with Crippen LogP contribution in [0.3, 0.4) is 0 Å². The van der Waals surface area contributed by atoms with Crippen molar-refractivity contribution < 1.29 is 14.0 Å². The Morgan fingerprint density at radius 1 is 1.12 bits per heavy atom. The van der Waals surface area contributed by atoms with Crippen molar-refractivity contribution in [2.24, 2.45) is 5.92 Å². The first-order chi connectivity index (χ1) is 15.3. The molecule has 166 valence electrons. The quantitative estimate of drug-likeness (QED) is 0.605. The average molecular weight is 455 g/mol. The number of carbonyl (C=O) groups is 2. The number of carbonyl (C=O) groups excluding carboxylic acids is 2. The molecule has 2 amide bonds. The van der Waals surface area contributed by atoms with Gasteiger partial charge in [-0.25, -0.2) is 14.4 Å². The highest BCUT2D eigenvalue weighted by atomic mass is 32.1. The fourth-order valence-corrected chi connectivity index (χ4v) is 5.13. The lowest BCUT2D eigenvalue weighted by molar-refractivity contribution is -0.119.